The molecule has 2 aromatic rings. The van der Waals surface area contributed by atoms with Crippen molar-refractivity contribution in [2.24, 2.45) is 5.92 Å². The molecule has 0 saturated carbocycles. The first-order valence-electron chi connectivity index (χ1n) is 8.28. The zero-order chi connectivity index (χ0) is 17.1. The summed E-state index contributed by atoms with van der Waals surface area (Å²) in [5.74, 6) is -0.716. The highest BCUT2D eigenvalue weighted by Gasteiger charge is 2.34. The van der Waals surface area contributed by atoms with Gasteiger partial charge in [-0.05, 0) is 54.8 Å². The van der Waals surface area contributed by atoms with Gasteiger partial charge in [-0.3, -0.25) is 9.69 Å². The monoisotopic (exact) mass is 361 g/mol. The summed E-state index contributed by atoms with van der Waals surface area (Å²) in [6.07, 6.45) is 3.72. The maximum Gasteiger partial charge on any atom is 0.307 e. The molecule has 1 N–H and O–H groups in total. The lowest BCUT2D eigenvalue weighted by atomic mass is 9.89. The molecule has 24 heavy (non-hydrogen) atoms. The first-order valence-corrected chi connectivity index (χ1v) is 10.0. The van der Waals surface area contributed by atoms with Gasteiger partial charge in [-0.15, -0.1) is 29.3 Å². The van der Waals surface area contributed by atoms with E-state index < -0.39 is 5.97 Å². The van der Waals surface area contributed by atoms with Crippen molar-refractivity contribution in [2.45, 2.75) is 31.7 Å². The Labute approximate surface area is 151 Å². The fourth-order valence-corrected chi connectivity index (χ4v) is 5.63. The molecule has 0 radical (unpaired) electrons. The van der Waals surface area contributed by atoms with Gasteiger partial charge < -0.3 is 5.11 Å². The number of hydrogen-bond donors (Lipinski definition) is 1. The molecule has 0 bridgehead atoms. The normalized spacial score (nSPS) is 21.3. The predicted octanol–water partition coefficient (Wildman–Crippen LogP) is 4.60. The van der Waals surface area contributed by atoms with Crippen molar-refractivity contribution >= 4 is 28.6 Å². The number of aryl methyl sites for hydroxylation is 1. The van der Waals surface area contributed by atoms with Gasteiger partial charge in [0, 0.05) is 28.3 Å². The number of carboxylic acids is 1. The molecule has 1 aliphatic rings. The molecule has 0 aliphatic carbocycles. The Hall–Kier alpha value is -1.43. The summed E-state index contributed by atoms with van der Waals surface area (Å²) in [6.45, 7) is 7.80. The molecule has 0 aromatic carbocycles. The zero-order valence-electron chi connectivity index (χ0n) is 13.9. The maximum atomic E-state index is 11.4. The second kappa shape index (κ2) is 7.64. The van der Waals surface area contributed by atoms with Crippen LogP contribution in [0, 0.1) is 12.8 Å². The number of aliphatic carboxylic acids is 1. The van der Waals surface area contributed by atoms with Gasteiger partial charge in [-0.2, -0.15) is 0 Å². The average molecular weight is 362 g/mol. The molecular weight excluding hydrogens is 338 g/mol. The van der Waals surface area contributed by atoms with Crippen LogP contribution in [0.4, 0.5) is 0 Å². The van der Waals surface area contributed by atoms with E-state index in [1.165, 1.54) is 15.3 Å². The van der Waals surface area contributed by atoms with Gasteiger partial charge in [0.25, 0.3) is 0 Å². The minimum atomic E-state index is -0.678. The van der Waals surface area contributed by atoms with Crippen molar-refractivity contribution in [3.05, 3.63) is 56.9 Å². The Kier molecular flexibility index (Phi) is 5.54. The number of likely N-dealkylation sites (tertiary alicyclic amines) is 1. The van der Waals surface area contributed by atoms with Crippen LogP contribution < -0.4 is 0 Å². The topological polar surface area (TPSA) is 40.5 Å². The van der Waals surface area contributed by atoms with Gasteiger partial charge in [0.15, 0.2) is 0 Å². The van der Waals surface area contributed by atoms with Gasteiger partial charge in [-0.25, -0.2) is 0 Å². The summed E-state index contributed by atoms with van der Waals surface area (Å²) in [5, 5.41) is 13.7. The van der Waals surface area contributed by atoms with E-state index >= 15 is 0 Å². The molecule has 3 unspecified atom stereocenters. The van der Waals surface area contributed by atoms with Crippen LogP contribution in [0.15, 0.2) is 41.6 Å². The summed E-state index contributed by atoms with van der Waals surface area (Å²) in [4.78, 5) is 16.4. The molecule has 0 spiro atoms. The summed E-state index contributed by atoms with van der Waals surface area (Å²) >= 11 is 3.56. The molecule has 3 heterocycles. The Balaban J connectivity index is 1.94. The van der Waals surface area contributed by atoms with E-state index in [4.69, 9.17) is 0 Å². The number of carboxylic acid groups (broad SMARTS) is 1. The highest BCUT2D eigenvalue weighted by atomic mass is 32.1. The molecule has 128 valence electrons. The van der Waals surface area contributed by atoms with Crippen LogP contribution in [0.1, 0.15) is 34.1 Å². The van der Waals surface area contributed by atoms with Crippen molar-refractivity contribution < 1.29 is 9.90 Å². The summed E-state index contributed by atoms with van der Waals surface area (Å²) in [7, 11) is 0. The van der Waals surface area contributed by atoms with Crippen LogP contribution in [0.25, 0.3) is 0 Å². The number of hydrogen-bond acceptors (Lipinski definition) is 4. The fraction of sp³-hybridized carbons (Fsp3) is 0.421. The summed E-state index contributed by atoms with van der Waals surface area (Å²) < 4.78 is 0. The molecule has 2 aromatic heterocycles. The molecule has 3 atom stereocenters. The second-order valence-corrected chi connectivity index (χ2v) is 8.29. The number of piperidine rings is 1. The summed E-state index contributed by atoms with van der Waals surface area (Å²) in [5.41, 5.74) is 1.30. The van der Waals surface area contributed by atoms with E-state index in [0.717, 1.165) is 19.4 Å². The fourth-order valence-electron chi connectivity index (χ4n) is 3.60. The SMILES string of the molecule is C=CC(C(c1cccs1)c1sccc1C)N1CCCC(C(=O)O)C1. The highest BCUT2D eigenvalue weighted by molar-refractivity contribution is 7.11. The number of thiophene rings is 2. The van der Waals surface area contributed by atoms with Gasteiger partial charge in [0.1, 0.15) is 0 Å². The first-order chi connectivity index (χ1) is 11.6. The molecule has 5 heteroatoms. The third-order valence-corrected chi connectivity index (χ3v) is 6.90. The Morgan fingerprint density at radius 1 is 1.42 bits per heavy atom. The van der Waals surface area contributed by atoms with Crippen molar-refractivity contribution in [2.75, 3.05) is 13.1 Å². The van der Waals surface area contributed by atoms with E-state index in [1.54, 1.807) is 22.7 Å². The van der Waals surface area contributed by atoms with Crippen LogP contribution in [0.2, 0.25) is 0 Å². The predicted molar refractivity (Wildman–Crippen MR) is 101 cm³/mol. The third-order valence-electron chi connectivity index (χ3n) is 4.84. The van der Waals surface area contributed by atoms with Crippen molar-refractivity contribution in [1.29, 1.82) is 0 Å². The lowest BCUT2D eigenvalue weighted by molar-refractivity contribution is -0.143. The Bertz CT molecular complexity index is 692. The molecule has 1 aliphatic heterocycles. The van der Waals surface area contributed by atoms with E-state index in [1.807, 2.05) is 6.08 Å². The minimum Gasteiger partial charge on any atom is -0.481 e. The van der Waals surface area contributed by atoms with Crippen molar-refractivity contribution in [3.63, 3.8) is 0 Å². The molecular formula is C19H23NO2S2. The number of rotatable bonds is 6. The van der Waals surface area contributed by atoms with Crippen LogP contribution in [-0.4, -0.2) is 35.1 Å². The largest absolute Gasteiger partial charge is 0.481 e. The zero-order valence-corrected chi connectivity index (χ0v) is 15.5. The Morgan fingerprint density at radius 3 is 2.83 bits per heavy atom. The van der Waals surface area contributed by atoms with E-state index in [2.05, 4.69) is 47.4 Å². The maximum absolute atomic E-state index is 11.4. The highest BCUT2D eigenvalue weighted by Crippen LogP contribution is 2.39. The van der Waals surface area contributed by atoms with E-state index in [9.17, 15) is 9.90 Å². The Morgan fingerprint density at radius 2 is 2.25 bits per heavy atom. The van der Waals surface area contributed by atoms with Crippen LogP contribution in [-0.2, 0) is 4.79 Å². The molecule has 3 rings (SSSR count). The van der Waals surface area contributed by atoms with Crippen LogP contribution in [0.5, 0.6) is 0 Å². The van der Waals surface area contributed by atoms with Gasteiger partial charge in [0.2, 0.25) is 0 Å². The smallest absolute Gasteiger partial charge is 0.307 e. The van der Waals surface area contributed by atoms with Gasteiger partial charge in [-0.1, -0.05) is 12.1 Å². The minimum absolute atomic E-state index is 0.128. The van der Waals surface area contributed by atoms with Gasteiger partial charge in [0.05, 0.1) is 5.92 Å². The van der Waals surface area contributed by atoms with Crippen LogP contribution >= 0.6 is 22.7 Å². The second-order valence-electron chi connectivity index (χ2n) is 6.36. The lowest BCUT2D eigenvalue weighted by Crippen LogP contribution is -2.46. The quantitative estimate of drug-likeness (QED) is 0.764. The first kappa shape index (κ1) is 17.4. The van der Waals surface area contributed by atoms with Crippen molar-refractivity contribution in [1.82, 2.24) is 4.90 Å². The van der Waals surface area contributed by atoms with E-state index in [-0.39, 0.29) is 17.9 Å². The third kappa shape index (κ3) is 3.48. The van der Waals surface area contributed by atoms with Crippen LogP contribution in [0.3, 0.4) is 0 Å². The number of nitrogens with zero attached hydrogens (tertiary/aromatic N) is 1. The molecule has 1 fully saturated rings. The lowest BCUT2D eigenvalue weighted by Gasteiger charge is -2.39. The molecule has 1 saturated heterocycles. The number of carbonyl (C=O) groups is 1. The molecule has 3 nitrogen and oxygen atoms in total. The standard InChI is InChI=1S/C19H23NO2S2/c1-3-15(20-9-4-6-14(12-20)19(21)22)17(16-7-5-10-23-16)18-13(2)8-11-24-18/h3,5,7-8,10-11,14-15,17H,1,4,6,9,12H2,2H3,(H,21,22). The summed E-state index contributed by atoms with van der Waals surface area (Å²) in [6, 6.07) is 6.57. The van der Waals surface area contributed by atoms with Crippen molar-refractivity contribution in [3.8, 4) is 0 Å². The molecule has 0 amide bonds. The van der Waals surface area contributed by atoms with Gasteiger partial charge >= 0.3 is 5.97 Å². The average Bonchev–Trinajstić information content (AvgIpc) is 3.24. The van der Waals surface area contributed by atoms with E-state index in [0.29, 0.717) is 6.54 Å².